The minimum atomic E-state index is -0.986. The van der Waals surface area contributed by atoms with Crippen LogP contribution >= 0.6 is 23.2 Å². The van der Waals surface area contributed by atoms with Crippen LogP contribution in [0.1, 0.15) is 35.5 Å². The Labute approximate surface area is 173 Å². The minimum Gasteiger partial charge on any atom is -0.495 e. The first-order valence-electron chi connectivity index (χ1n) is 8.73. The predicted molar refractivity (Wildman–Crippen MR) is 112 cm³/mol. The second-order valence-electron chi connectivity index (χ2n) is 5.79. The molecule has 2 aromatic carbocycles. The van der Waals surface area contributed by atoms with Gasteiger partial charge in [0.05, 0.1) is 24.1 Å². The molecule has 0 aliphatic heterocycles. The van der Waals surface area contributed by atoms with Crippen LogP contribution in [0, 0.1) is 6.92 Å². The molecule has 0 fully saturated rings. The standard InChI is InChI=1S/C19H15Cl2NO4.C2H6/c1-10-13(8-18(23)24)14-7-17(26-2)15(21)9-16(14)22(10)19(25)11-3-5-12(20)6-4-11;1-2/h3-7,9H,8H2,1-2H3,(H,23,24);1-2H3. The van der Waals surface area contributed by atoms with Gasteiger partial charge in [0.25, 0.3) is 5.91 Å². The van der Waals surface area contributed by atoms with Crippen molar-refractivity contribution in [1.29, 1.82) is 0 Å². The molecule has 0 radical (unpaired) electrons. The zero-order valence-corrected chi connectivity index (χ0v) is 17.6. The average Bonchev–Trinajstić information content (AvgIpc) is 2.93. The molecule has 3 aromatic rings. The van der Waals surface area contributed by atoms with Crippen LogP contribution in [0.25, 0.3) is 10.9 Å². The van der Waals surface area contributed by atoms with Crippen molar-refractivity contribution in [3.63, 3.8) is 0 Å². The summed E-state index contributed by atoms with van der Waals surface area (Å²) in [6, 6.07) is 9.78. The maximum absolute atomic E-state index is 13.1. The molecule has 0 unspecified atom stereocenters. The molecule has 0 bridgehead atoms. The molecule has 3 rings (SSSR count). The van der Waals surface area contributed by atoms with Crippen LogP contribution in [0.2, 0.25) is 10.0 Å². The third-order valence-corrected chi connectivity index (χ3v) is 4.78. The summed E-state index contributed by atoms with van der Waals surface area (Å²) in [5.74, 6) is -0.857. The number of aromatic nitrogens is 1. The summed E-state index contributed by atoms with van der Waals surface area (Å²) in [4.78, 5) is 24.4. The van der Waals surface area contributed by atoms with Crippen molar-refractivity contribution in [3.05, 3.63) is 63.3 Å². The molecule has 0 saturated heterocycles. The number of nitrogens with zero attached hydrogens (tertiary/aromatic N) is 1. The number of hydrogen-bond acceptors (Lipinski definition) is 3. The predicted octanol–water partition coefficient (Wildman–Crippen LogP) is 5.61. The Hall–Kier alpha value is -2.50. The molecule has 0 aliphatic rings. The van der Waals surface area contributed by atoms with Gasteiger partial charge in [0, 0.05) is 21.7 Å². The van der Waals surface area contributed by atoms with Crippen LogP contribution in [0.4, 0.5) is 0 Å². The fourth-order valence-corrected chi connectivity index (χ4v) is 3.36. The Kier molecular flexibility index (Phi) is 7.11. The van der Waals surface area contributed by atoms with Crippen molar-refractivity contribution in [2.45, 2.75) is 27.2 Å². The van der Waals surface area contributed by atoms with Crippen molar-refractivity contribution in [1.82, 2.24) is 4.57 Å². The van der Waals surface area contributed by atoms with E-state index in [1.54, 1.807) is 43.3 Å². The van der Waals surface area contributed by atoms with Crippen molar-refractivity contribution in [3.8, 4) is 5.75 Å². The van der Waals surface area contributed by atoms with Gasteiger partial charge in [0.2, 0.25) is 0 Å². The minimum absolute atomic E-state index is 0.214. The first kappa shape index (κ1) is 21.8. The SMILES string of the molecule is CC.COc1cc2c(CC(=O)O)c(C)n(C(=O)c3ccc(Cl)cc3)c2cc1Cl. The van der Waals surface area contributed by atoms with E-state index in [1.807, 2.05) is 13.8 Å². The smallest absolute Gasteiger partial charge is 0.307 e. The van der Waals surface area contributed by atoms with E-state index < -0.39 is 5.97 Å². The average molecular weight is 422 g/mol. The first-order valence-corrected chi connectivity index (χ1v) is 9.48. The molecule has 1 heterocycles. The molecule has 28 heavy (non-hydrogen) atoms. The quantitative estimate of drug-likeness (QED) is 0.594. The fraction of sp³-hybridized carbons (Fsp3) is 0.238. The Morgan fingerprint density at radius 1 is 1.11 bits per heavy atom. The van der Waals surface area contributed by atoms with Gasteiger partial charge in [-0.1, -0.05) is 37.0 Å². The third-order valence-electron chi connectivity index (χ3n) is 4.23. The van der Waals surface area contributed by atoms with E-state index in [0.29, 0.717) is 43.5 Å². The lowest BCUT2D eigenvalue weighted by Crippen LogP contribution is -2.14. The summed E-state index contributed by atoms with van der Waals surface area (Å²) in [5.41, 5.74) is 2.06. The highest BCUT2D eigenvalue weighted by molar-refractivity contribution is 6.33. The molecule has 5 nitrogen and oxygen atoms in total. The fourth-order valence-electron chi connectivity index (χ4n) is 2.99. The number of hydrogen-bond donors (Lipinski definition) is 1. The lowest BCUT2D eigenvalue weighted by Gasteiger charge is -2.08. The molecule has 1 aromatic heterocycles. The van der Waals surface area contributed by atoms with Gasteiger partial charge in [0.15, 0.2) is 0 Å². The van der Waals surface area contributed by atoms with E-state index in [-0.39, 0.29) is 12.3 Å². The van der Waals surface area contributed by atoms with Gasteiger partial charge >= 0.3 is 5.97 Å². The Balaban J connectivity index is 0.00000136. The number of aliphatic carboxylic acids is 1. The lowest BCUT2D eigenvalue weighted by atomic mass is 10.1. The number of halogens is 2. The Morgan fingerprint density at radius 2 is 1.71 bits per heavy atom. The highest BCUT2D eigenvalue weighted by atomic mass is 35.5. The summed E-state index contributed by atoms with van der Waals surface area (Å²) < 4.78 is 6.71. The maximum atomic E-state index is 13.1. The molecule has 0 spiro atoms. The van der Waals surface area contributed by atoms with Crippen molar-refractivity contribution in [2.24, 2.45) is 0 Å². The third kappa shape index (κ3) is 4.16. The van der Waals surface area contributed by atoms with Gasteiger partial charge in [-0.2, -0.15) is 0 Å². The molecule has 0 aliphatic carbocycles. The van der Waals surface area contributed by atoms with Crippen LogP contribution in [0.3, 0.4) is 0 Å². The molecule has 1 N–H and O–H groups in total. The molecular weight excluding hydrogens is 401 g/mol. The maximum Gasteiger partial charge on any atom is 0.307 e. The number of fused-ring (bicyclic) bond motifs is 1. The van der Waals surface area contributed by atoms with E-state index in [9.17, 15) is 14.7 Å². The van der Waals surface area contributed by atoms with Gasteiger partial charge < -0.3 is 9.84 Å². The summed E-state index contributed by atoms with van der Waals surface area (Å²) >= 11 is 12.1. The van der Waals surface area contributed by atoms with Gasteiger partial charge in [0.1, 0.15) is 5.75 Å². The number of methoxy groups -OCH3 is 1. The molecule has 7 heteroatoms. The van der Waals surface area contributed by atoms with E-state index in [1.165, 1.54) is 11.7 Å². The molecule has 0 saturated carbocycles. The number of carbonyl (C=O) groups excluding carboxylic acids is 1. The van der Waals surface area contributed by atoms with Crippen LogP contribution in [0.5, 0.6) is 5.75 Å². The largest absolute Gasteiger partial charge is 0.495 e. The number of carbonyl (C=O) groups is 2. The molecular formula is C21H21Cl2NO4. The number of carboxylic acid groups (broad SMARTS) is 1. The summed E-state index contributed by atoms with van der Waals surface area (Å²) in [7, 11) is 1.48. The van der Waals surface area contributed by atoms with E-state index in [0.717, 1.165) is 0 Å². The second-order valence-corrected chi connectivity index (χ2v) is 6.63. The normalized spacial score (nSPS) is 10.4. The number of carboxylic acids is 1. The summed E-state index contributed by atoms with van der Waals surface area (Å²) in [6.07, 6.45) is -0.214. The molecule has 148 valence electrons. The van der Waals surface area contributed by atoms with E-state index >= 15 is 0 Å². The zero-order chi connectivity index (χ0) is 21.0. The van der Waals surface area contributed by atoms with Crippen LogP contribution in [0.15, 0.2) is 36.4 Å². The first-order chi connectivity index (χ1) is 13.3. The molecule has 0 amide bonds. The van der Waals surface area contributed by atoms with Gasteiger partial charge in [-0.25, -0.2) is 0 Å². The van der Waals surface area contributed by atoms with Crippen LogP contribution in [-0.4, -0.2) is 28.7 Å². The number of benzene rings is 2. The van der Waals surface area contributed by atoms with Crippen LogP contribution < -0.4 is 4.74 Å². The Morgan fingerprint density at radius 3 is 2.25 bits per heavy atom. The highest BCUT2D eigenvalue weighted by Gasteiger charge is 2.22. The van der Waals surface area contributed by atoms with Crippen LogP contribution in [-0.2, 0) is 11.2 Å². The van der Waals surface area contributed by atoms with Crippen molar-refractivity contribution < 1.29 is 19.4 Å². The number of ether oxygens (including phenoxy) is 1. The highest BCUT2D eigenvalue weighted by Crippen LogP contribution is 2.35. The zero-order valence-electron chi connectivity index (χ0n) is 16.0. The topological polar surface area (TPSA) is 68.5 Å². The summed E-state index contributed by atoms with van der Waals surface area (Å²) in [5, 5.41) is 10.7. The molecule has 0 atom stereocenters. The van der Waals surface area contributed by atoms with E-state index in [4.69, 9.17) is 27.9 Å². The van der Waals surface area contributed by atoms with Gasteiger partial charge in [-0.15, -0.1) is 0 Å². The number of rotatable bonds is 4. The van der Waals surface area contributed by atoms with Gasteiger partial charge in [-0.3, -0.25) is 14.2 Å². The van der Waals surface area contributed by atoms with E-state index in [2.05, 4.69) is 0 Å². The van der Waals surface area contributed by atoms with Crippen molar-refractivity contribution >= 4 is 46.0 Å². The Bertz CT molecular complexity index is 1020. The lowest BCUT2D eigenvalue weighted by molar-refractivity contribution is -0.136. The van der Waals surface area contributed by atoms with Gasteiger partial charge in [-0.05, 0) is 48.9 Å². The van der Waals surface area contributed by atoms with Crippen molar-refractivity contribution in [2.75, 3.05) is 7.11 Å². The monoisotopic (exact) mass is 421 g/mol. The second kappa shape index (κ2) is 9.13. The summed E-state index contributed by atoms with van der Waals surface area (Å²) in [6.45, 7) is 5.71.